The van der Waals surface area contributed by atoms with Crippen molar-refractivity contribution in [1.29, 1.82) is 0 Å². The van der Waals surface area contributed by atoms with E-state index in [9.17, 15) is 4.39 Å². The van der Waals surface area contributed by atoms with E-state index in [2.05, 4.69) is 41.0 Å². The Morgan fingerprint density at radius 1 is 1.03 bits per heavy atom. The minimum absolute atomic E-state index is 0.0983. The van der Waals surface area contributed by atoms with Gasteiger partial charge in [-0.2, -0.15) is 0 Å². The van der Waals surface area contributed by atoms with Gasteiger partial charge in [0, 0.05) is 38.0 Å². The largest absolute Gasteiger partial charge is 0.378 e. The molecule has 11 atom stereocenters. The first kappa shape index (κ1) is 24.8. The van der Waals surface area contributed by atoms with Crippen LogP contribution in [0, 0.1) is 35.5 Å². The molecular weight excluding hydrogens is 435 g/mol. The summed E-state index contributed by atoms with van der Waals surface area (Å²) in [5.41, 5.74) is 6.85. The van der Waals surface area contributed by atoms with Crippen LogP contribution in [0.5, 0.6) is 0 Å². The number of hydrogen-bond donors (Lipinski definition) is 2. The molecule has 5 aliphatic rings. The van der Waals surface area contributed by atoms with Gasteiger partial charge < -0.3 is 15.4 Å². The average Bonchev–Trinajstić information content (AvgIpc) is 3.17. The van der Waals surface area contributed by atoms with Crippen LogP contribution < -0.4 is 11.1 Å². The lowest BCUT2D eigenvalue weighted by molar-refractivity contribution is -0.107. The van der Waals surface area contributed by atoms with Crippen molar-refractivity contribution < 1.29 is 9.13 Å². The summed E-state index contributed by atoms with van der Waals surface area (Å²) in [4.78, 5) is 5.06. The summed E-state index contributed by atoms with van der Waals surface area (Å²) in [6, 6.07) is 0.0983. The molecular formula is C26H47FN4OS. The zero-order valence-electron chi connectivity index (χ0n) is 21.0. The lowest BCUT2D eigenvalue weighted by Gasteiger charge is -2.60. The van der Waals surface area contributed by atoms with Crippen molar-refractivity contribution in [2.45, 2.75) is 80.4 Å². The summed E-state index contributed by atoms with van der Waals surface area (Å²) in [5.74, 6) is 5.34. The molecule has 0 amide bonds. The standard InChI is InChI=1S/C26H47FN4OS/c1-30-9-8-20-21-12-17(5-6-19(21)22(20)14-30)25-15-31(2)26(33-25)29-13-18(28)10-16-4-7-24(32-3)23(27)11-16/h16-26,29H,4-15,28H2,1-3H3. The molecule has 0 bridgehead atoms. The van der Waals surface area contributed by atoms with Crippen molar-refractivity contribution in [3.05, 3.63) is 0 Å². The number of thioether (sulfide) groups is 1. The maximum absolute atomic E-state index is 14.2. The van der Waals surface area contributed by atoms with Crippen molar-refractivity contribution >= 4 is 11.8 Å². The molecule has 0 aromatic rings. The lowest BCUT2D eigenvalue weighted by Crippen LogP contribution is -2.57. The highest BCUT2D eigenvalue weighted by Crippen LogP contribution is 2.59. The molecule has 5 nitrogen and oxygen atoms in total. The Morgan fingerprint density at radius 2 is 1.85 bits per heavy atom. The molecule has 190 valence electrons. The maximum atomic E-state index is 14.2. The number of ether oxygens (including phenoxy) is 1. The fraction of sp³-hybridized carbons (Fsp3) is 1.00. The molecule has 3 aliphatic carbocycles. The van der Waals surface area contributed by atoms with E-state index in [1.165, 1.54) is 45.3 Å². The maximum Gasteiger partial charge on any atom is 0.126 e. The summed E-state index contributed by atoms with van der Waals surface area (Å²) in [5, 5.41) is 4.50. The summed E-state index contributed by atoms with van der Waals surface area (Å²) in [6.07, 6.45) is 8.15. The van der Waals surface area contributed by atoms with E-state index in [1.807, 2.05) is 0 Å². The third-order valence-electron chi connectivity index (χ3n) is 10.0. The first-order valence-electron chi connectivity index (χ1n) is 13.6. The summed E-state index contributed by atoms with van der Waals surface area (Å²) in [7, 11) is 6.19. The van der Waals surface area contributed by atoms with Gasteiger partial charge in [0.1, 0.15) is 11.7 Å². The number of nitrogens with two attached hydrogens (primary N) is 1. The third kappa shape index (κ3) is 5.29. The predicted molar refractivity (Wildman–Crippen MR) is 135 cm³/mol. The van der Waals surface area contributed by atoms with Gasteiger partial charge in [-0.1, -0.05) is 0 Å². The Morgan fingerprint density at radius 3 is 2.64 bits per heavy atom. The van der Waals surface area contributed by atoms with E-state index in [1.54, 1.807) is 7.11 Å². The normalized spacial score (nSPS) is 47.5. The number of alkyl halides is 1. The van der Waals surface area contributed by atoms with Crippen LogP contribution in [0.4, 0.5) is 4.39 Å². The van der Waals surface area contributed by atoms with Gasteiger partial charge in [-0.05, 0) is 108 Å². The van der Waals surface area contributed by atoms with Crippen LogP contribution >= 0.6 is 11.8 Å². The van der Waals surface area contributed by atoms with Gasteiger partial charge in [0.2, 0.25) is 0 Å². The van der Waals surface area contributed by atoms with E-state index in [0.29, 0.717) is 17.8 Å². The number of fused-ring (bicyclic) bond motifs is 4. The summed E-state index contributed by atoms with van der Waals surface area (Å²) in [6.45, 7) is 4.68. The molecule has 0 aromatic carbocycles. The van der Waals surface area contributed by atoms with E-state index < -0.39 is 6.17 Å². The second kappa shape index (κ2) is 10.6. The Balaban J connectivity index is 1.05. The van der Waals surface area contributed by atoms with Crippen molar-refractivity contribution in [2.24, 2.45) is 41.2 Å². The summed E-state index contributed by atoms with van der Waals surface area (Å²) < 4.78 is 19.5. The van der Waals surface area contributed by atoms with Crippen LogP contribution in [0.15, 0.2) is 0 Å². The number of methoxy groups -OCH3 is 1. The monoisotopic (exact) mass is 482 g/mol. The smallest absolute Gasteiger partial charge is 0.126 e. The number of halogens is 1. The van der Waals surface area contributed by atoms with Crippen molar-refractivity contribution in [2.75, 3.05) is 47.4 Å². The average molecular weight is 483 g/mol. The molecule has 11 unspecified atom stereocenters. The number of hydrogen-bond acceptors (Lipinski definition) is 6. The van der Waals surface area contributed by atoms with E-state index in [-0.39, 0.29) is 12.1 Å². The van der Waals surface area contributed by atoms with Crippen LogP contribution in [0.25, 0.3) is 0 Å². The third-order valence-corrected chi connectivity index (χ3v) is 11.7. The fourth-order valence-electron chi connectivity index (χ4n) is 8.20. The Kier molecular flexibility index (Phi) is 7.95. The molecule has 5 rings (SSSR count). The van der Waals surface area contributed by atoms with Crippen LogP contribution in [-0.2, 0) is 4.74 Å². The molecule has 33 heavy (non-hydrogen) atoms. The van der Waals surface area contributed by atoms with Gasteiger partial charge in [0.15, 0.2) is 0 Å². The molecule has 2 heterocycles. The Labute approximate surface area is 205 Å². The van der Waals surface area contributed by atoms with Gasteiger partial charge in [-0.25, -0.2) is 4.39 Å². The molecule has 3 N–H and O–H groups in total. The second-order valence-electron chi connectivity index (χ2n) is 12.1. The van der Waals surface area contributed by atoms with Gasteiger partial charge >= 0.3 is 0 Å². The van der Waals surface area contributed by atoms with Crippen LogP contribution in [0.3, 0.4) is 0 Å². The lowest BCUT2D eigenvalue weighted by atomic mass is 9.48. The first-order valence-corrected chi connectivity index (χ1v) is 14.6. The number of nitrogens with one attached hydrogen (secondary N) is 1. The van der Waals surface area contributed by atoms with Gasteiger partial charge in [-0.3, -0.25) is 10.2 Å². The molecule has 0 spiro atoms. The molecule has 7 heteroatoms. The van der Waals surface area contributed by atoms with Crippen molar-refractivity contribution in [1.82, 2.24) is 15.1 Å². The highest BCUT2D eigenvalue weighted by atomic mass is 32.2. The molecule has 5 fully saturated rings. The van der Waals surface area contributed by atoms with Crippen LogP contribution in [0.2, 0.25) is 0 Å². The van der Waals surface area contributed by atoms with E-state index in [4.69, 9.17) is 10.5 Å². The Bertz CT molecular complexity index is 652. The van der Waals surface area contributed by atoms with Gasteiger partial charge in [-0.15, -0.1) is 11.8 Å². The summed E-state index contributed by atoms with van der Waals surface area (Å²) >= 11 is 2.15. The highest BCUT2D eigenvalue weighted by molar-refractivity contribution is 8.00. The van der Waals surface area contributed by atoms with E-state index >= 15 is 0 Å². The predicted octanol–water partition coefficient (Wildman–Crippen LogP) is 3.39. The quantitative estimate of drug-likeness (QED) is 0.580. The SMILES string of the molecule is COC1CCC(CC(N)CNC2SC(C3CCC4C(C3)C3CCN(C)CC43)CN2C)CC1F. The topological polar surface area (TPSA) is 53.8 Å². The first-order chi connectivity index (χ1) is 15.9. The van der Waals surface area contributed by atoms with Crippen LogP contribution in [0.1, 0.15) is 51.4 Å². The Hall–Kier alpha value is 0.0800. The number of piperidine rings is 1. The minimum atomic E-state index is -0.832. The second-order valence-corrected chi connectivity index (χ2v) is 13.4. The number of likely N-dealkylation sites (tertiary alicyclic amines) is 1. The van der Waals surface area contributed by atoms with Gasteiger partial charge in [0.25, 0.3) is 0 Å². The van der Waals surface area contributed by atoms with Crippen molar-refractivity contribution in [3.8, 4) is 0 Å². The molecule has 2 saturated heterocycles. The number of nitrogens with zero attached hydrogens (tertiary/aromatic N) is 2. The zero-order valence-corrected chi connectivity index (χ0v) is 21.8. The molecule has 0 radical (unpaired) electrons. The fourth-order valence-corrected chi connectivity index (χ4v) is 9.81. The van der Waals surface area contributed by atoms with Crippen molar-refractivity contribution in [3.63, 3.8) is 0 Å². The van der Waals surface area contributed by atoms with E-state index in [0.717, 1.165) is 60.6 Å². The van der Waals surface area contributed by atoms with Crippen LogP contribution in [-0.4, -0.2) is 86.2 Å². The molecule has 0 aromatic heterocycles. The minimum Gasteiger partial charge on any atom is -0.378 e. The van der Waals surface area contributed by atoms with Gasteiger partial charge in [0.05, 0.1) is 6.10 Å². The zero-order chi connectivity index (χ0) is 23.1. The highest BCUT2D eigenvalue weighted by Gasteiger charge is 2.54. The number of rotatable bonds is 7. The molecule has 2 aliphatic heterocycles. The molecule has 3 saturated carbocycles.